The molecule has 0 radical (unpaired) electrons. The van der Waals surface area contributed by atoms with E-state index in [1.54, 1.807) is 16.9 Å². The van der Waals surface area contributed by atoms with E-state index in [4.69, 9.17) is 0 Å². The molecule has 1 aromatic carbocycles. The summed E-state index contributed by atoms with van der Waals surface area (Å²) in [5.74, 6) is -0.0755. The van der Waals surface area contributed by atoms with E-state index in [0.29, 0.717) is 23.3 Å². The van der Waals surface area contributed by atoms with Crippen LogP contribution in [0.15, 0.2) is 36.5 Å². The second-order valence-electron chi connectivity index (χ2n) is 7.55. The largest absolute Gasteiger partial charge is 0.348 e. The molecule has 7 nitrogen and oxygen atoms in total. The van der Waals surface area contributed by atoms with Gasteiger partial charge >= 0.3 is 0 Å². The number of hydrogen-bond acceptors (Lipinski definition) is 4. The maximum atomic E-state index is 12.7. The first-order valence-electron chi connectivity index (χ1n) is 9.99. The number of carbonyl (C=O) groups is 2. The Morgan fingerprint density at radius 1 is 1.10 bits per heavy atom. The van der Waals surface area contributed by atoms with E-state index in [1.165, 1.54) is 6.42 Å². The summed E-state index contributed by atoms with van der Waals surface area (Å²) >= 11 is 0. The Labute approximate surface area is 169 Å². The van der Waals surface area contributed by atoms with Crippen molar-refractivity contribution in [1.29, 1.82) is 0 Å². The predicted molar refractivity (Wildman–Crippen MR) is 111 cm³/mol. The lowest BCUT2D eigenvalue weighted by Gasteiger charge is -2.26. The van der Waals surface area contributed by atoms with Crippen LogP contribution in [-0.4, -0.2) is 44.6 Å². The van der Waals surface area contributed by atoms with Crippen LogP contribution in [-0.2, 0) is 13.6 Å². The van der Waals surface area contributed by atoms with Gasteiger partial charge in [-0.25, -0.2) is 4.98 Å². The molecule has 0 aliphatic carbocycles. The van der Waals surface area contributed by atoms with Crippen LogP contribution >= 0.6 is 0 Å². The van der Waals surface area contributed by atoms with Crippen molar-refractivity contribution in [2.24, 2.45) is 7.05 Å². The molecule has 3 heterocycles. The first kappa shape index (κ1) is 19.1. The van der Waals surface area contributed by atoms with E-state index in [9.17, 15) is 9.59 Å². The molecule has 0 atom stereocenters. The van der Waals surface area contributed by atoms with Crippen LogP contribution in [0.4, 0.5) is 0 Å². The lowest BCUT2D eigenvalue weighted by Crippen LogP contribution is -2.35. The minimum absolute atomic E-state index is 0.0894. The predicted octanol–water partition coefficient (Wildman–Crippen LogP) is 2.83. The minimum Gasteiger partial charge on any atom is -0.348 e. The molecule has 0 saturated carbocycles. The molecule has 29 heavy (non-hydrogen) atoms. The summed E-state index contributed by atoms with van der Waals surface area (Å²) in [4.78, 5) is 31.7. The van der Waals surface area contributed by atoms with Gasteiger partial charge in [-0.05, 0) is 49.9 Å². The molecule has 1 saturated heterocycles. The molecule has 0 unspecified atom stereocenters. The topological polar surface area (TPSA) is 80.1 Å². The summed E-state index contributed by atoms with van der Waals surface area (Å²) in [5.41, 5.74) is 3.67. The number of aryl methyl sites for hydroxylation is 2. The second-order valence-corrected chi connectivity index (χ2v) is 7.55. The van der Waals surface area contributed by atoms with Crippen molar-refractivity contribution in [1.82, 2.24) is 25.0 Å². The first-order chi connectivity index (χ1) is 14.0. The minimum atomic E-state index is -0.165. The number of nitrogens with zero attached hydrogens (tertiary/aromatic N) is 4. The molecule has 3 aromatic rings. The molecule has 150 valence electrons. The van der Waals surface area contributed by atoms with E-state index in [1.807, 2.05) is 43.1 Å². The number of amides is 2. The molecule has 1 aliphatic heterocycles. The van der Waals surface area contributed by atoms with Gasteiger partial charge in [-0.15, -0.1) is 0 Å². The van der Waals surface area contributed by atoms with Gasteiger partial charge in [-0.3, -0.25) is 14.3 Å². The molecule has 7 heteroatoms. The molecule has 1 aliphatic rings. The Morgan fingerprint density at radius 2 is 1.83 bits per heavy atom. The Bertz CT molecular complexity index is 1050. The quantitative estimate of drug-likeness (QED) is 0.742. The van der Waals surface area contributed by atoms with Crippen LogP contribution in [0.25, 0.3) is 11.0 Å². The summed E-state index contributed by atoms with van der Waals surface area (Å²) in [6.45, 7) is 3.93. The maximum absolute atomic E-state index is 12.7. The average molecular weight is 391 g/mol. The Morgan fingerprint density at radius 3 is 2.55 bits per heavy atom. The molecule has 1 fully saturated rings. The first-order valence-corrected chi connectivity index (χ1v) is 9.99. The van der Waals surface area contributed by atoms with Gasteiger partial charge in [0, 0.05) is 37.9 Å². The third-order valence-electron chi connectivity index (χ3n) is 5.37. The van der Waals surface area contributed by atoms with Gasteiger partial charge in [-0.1, -0.05) is 12.1 Å². The Hall–Kier alpha value is -3.22. The SMILES string of the molecule is Cc1cc(C(=O)NCc2ccc(C(=O)N3CCCCC3)cc2)c2cnn(C)c2n1. The summed E-state index contributed by atoms with van der Waals surface area (Å²) in [5, 5.41) is 7.89. The zero-order valence-corrected chi connectivity index (χ0v) is 16.8. The highest BCUT2D eigenvalue weighted by molar-refractivity contribution is 6.05. The zero-order chi connectivity index (χ0) is 20.4. The van der Waals surface area contributed by atoms with E-state index in [2.05, 4.69) is 15.4 Å². The van der Waals surface area contributed by atoms with Crippen LogP contribution in [0, 0.1) is 6.92 Å². The van der Waals surface area contributed by atoms with Gasteiger partial charge < -0.3 is 10.2 Å². The molecule has 0 bridgehead atoms. The molecule has 0 spiro atoms. The van der Waals surface area contributed by atoms with Crippen molar-refractivity contribution in [3.63, 3.8) is 0 Å². The van der Waals surface area contributed by atoms with E-state index < -0.39 is 0 Å². The van der Waals surface area contributed by atoms with Gasteiger partial charge in [0.05, 0.1) is 17.1 Å². The fraction of sp³-hybridized carbons (Fsp3) is 0.364. The van der Waals surface area contributed by atoms with Crippen molar-refractivity contribution in [3.8, 4) is 0 Å². The van der Waals surface area contributed by atoms with Crippen LogP contribution in [0.3, 0.4) is 0 Å². The summed E-state index contributed by atoms with van der Waals surface area (Å²) < 4.78 is 1.66. The molecule has 1 N–H and O–H groups in total. The van der Waals surface area contributed by atoms with Crippen molar-refractivity contribution < 1.29 is 9.59 Å². The van der Waals surface area contributed by atoms with Gasteiger partial charge in [0.2, 0.25) is 0 Å². The van der Waals surface area contributed by atoms with Crippen LogP contribution in [0.5, 0.6) is 0 Å². The van der Waals surface area contributed by atoms with Crippen molar-refractivity contribution >= 4 is 22.8 Å². The van der Waals surface area contributed by atoms with Gasteiger partial charge in [0.25, 0.3) is 11.8 Å². The van der Waals surface area contributed by atoms with Gasteiger partial charge in [-0.2, -0.15) is 5.10 Å². The van der Waals surface area contributed by atoms with Crippen LogP contribution < -0.4 is 5.32 Å². The molecular weight excluding hydrogens is 366 g/mol. The van der Waals surface area contributed by atoms with E-state index >= 15 is 0 Å². The van der Waals surface area contributed by atoms with Crippen molar-refractivity contribution in [3.05, 3.63) is 58.9 Å². The van der Waals surface area contributed by atoms with E-state index in [0.717, 1.165) is 42.6 Å². The zero-order valence-electron chi connectivity index (χ0n) is 16.8. The number of piperidine rings is 1. The normalized spacial score (nSPS) is 14.2. The smallest absolute Gasteiger partial charge is 0.253 e. The highest BCUT2D eigenvalue weighted by atomic mass is 16.2. The van der Waals surface area contributed by atoms with Gasteiger partial charge in [0.15, 0.2) is 5.65 Å². The van der Waals surface area contributed by atoms with Crippen molar-refractivity contribution in [2.45, 2.75) is 32.7 Å². The number of aromatic nitrogens is 3. The second kappa shape index (κ2) is 8.03. The van der Waals surface area contributed by atoms with Crippen LogP contribution in [0.2, 0.25) is 0 Å². The lowest BCUT2D eigenvalue weighted by atomic mass is 10.1. The number of hydrogen-bond donors (Lipinski definition) is 1. The number of pyridine rings is 1. The fourth-order valence-corrected chi connectivity index (χ4v) is 3.75. The Balaban J connectivity index is 1.43. The third kappa shape index (κ3) is 3.99. The number of nitrogens with one attached hydrogen (secondary N) is 1. The summed E-state index contributed by atoms with van der Waals surface area (Å²) in [6.07, 6.45) is 5.02. The summed E-state index contributed by atoms with van der Waals surface area (Å²) in [6, 6.07) is 9.26. The lowest BCUT2D eigenvalue weighted by molar-refractivity contribution is 0.0724. The Kier molecular flexibility index (Phi) is 5.29. The molecule has 2 aromatic heterocycles. The average Bonchev–Trinajstić information content (AvgIpc) is 3.12. The highest BCUT2D eigenvalue weighted by Gasteiger charge is 2.18. The van der Waals surface area contributed by atoms with Gasteiger partial charge in [0.1, 0.15) is 0 Å². The number of carbonyl (C=O) groups excluding carboxylic acids is 2. The van der Waals surface area contributed by atoms with Crippen LogP contribution in [0.1, 0.15) is 51.2 Å². The summed E-state index contributed by atoms with van der Waals surface area (Å²) in [7, 11) is 1.81. The molecule has 2 amide bonds. The number of likely N-dealkylation sites (tertiary alicyclic amines) is 1. The van der Waals surface area contributed by atoms with Crippen molar-refractivity contribution in [2.75, 3.05) is 13.1 Å². The third-order valence-corrected chi connectivity index (χ3v) is 5.37. The van der Waals surface area contributed by atoms with E-state index in [-0.39, 0.29) is 11.8 Å². The standard InChI is InChI=1S/C22H25N5O2/c1-15-12-18(19-14-24-26(2)20(19)25-15)21(28)23-13-16-6-8-17(9-7-16)22(29)27-10-4-3-5-11-27/h6-9,12,14H,3-5,10-11,13H2,1-2H3,(H,23,28). The monoisotopic (exact) mass is 391 g/mol. The molecular formula is C22H25N5O2. The number of rotatable bonds is 4. The highest BCUT2D eigenvalue weighted by Crippen LogP contribution is 2.18. The maximum Gasteiger partial charge on any atom is 0.253 e. The number of benzene rings is 1. The number of fused-ring (bicyclic) bond motifs is 1. The molecule has 4 rings (SSSR count). The fourth-order valence-electron chi connectivity index (χ4n) is 3.75.